The van der Waals surface area contributed by atoms with Gasteiger partial charge >= 0.3 is 0 Å². The highest BCUT2D eigenvalue weighted by atomic mass is 14.9. The molecule has 6 aliphatic carbocycles. The van der Waals surface area contributed by atoms with Crippen LogP contribution in [0.1, 0.15) is 102 Å². The Balaban J connectivity index is 0.876. The lowest BCUT2D eigenvalue weighted by Gasteiger charge is -2.40. The van der Waals surface area contributed by atoms with Gasteiger partial charge in [-0.1, -0.05) is 98.0 Å². The van der Waals surface area contributed by atoms with Crippen molar-refractivity contribution in [3.8, 4) is 0 Å². The molecule has 284 valence electrons. The summed E-state index contributed by atoms with van der Waals surface area (Å²) in [4.78, 5) is 10.6. The van der Waals surface area contributed by atoms with E-state index >= 15 is 0 Å². The van der Waals surface area contributed by atoms with Crippen LogP contribution in [0.3, 0.4) is 0 Å². The van der Waals surface area contributed by atoms with Gasteiger partial charge in [-0.05, 0) is 177 Å². The molecule has 1 aromatic carbocycles. The normalized spacial score (nSPS) is 38.1. The van der Waals surface area contributed by atoms with E-state index < -0.39 is 0 Å². The first-order valence-electron chi connectivity index (χ1n) is 21.9. The van der Waals surface area contributed by atoms with Gasteiger partial charge in [-0.25, -0.2) is 0 Å². The second kappa shape index (κ2) is 16.2. The Kier molecular flexibility index (Phi) is 10.8. The molecule has 9 rings (SSSR count). The number of aliphatic imine (C=N–C) groups is 2. The van der Waals surface area contributed by atoms with Crippen molar-refractivity contribution in [2.75, 3.05) is 0 Å². The number of aryl methyl sites for hydroxylation is 1. The monoisotopic (exact) mass is 727 g/mol. The maximum atomic E-state index is 7.06. The van der Waals surface area contributed by atoms with Crippen LogP contribution in [0.25, 0.3) is 5.57 Å². The van der Waals surface area contributed by atoms with Crippen molar-refractivity contribution in [1.29, 1.82) is 0 Å². The summed E-state index contributed by atoms with van der Waals surface area (Å²) in [6.07, 6.45) is 48.9. The fourth-order valence-corrected chi connectivity index (χ4v) is 11.4. The predicted molar refractivity (Wildman–Crippen MR) is 233 cm³/mol. The molecule has 0 spiro atoms. The Morgan fingerprint density at radius 3 is 2.60 bits per heavy atom. The molecule has 0 bridgehead atoms. The van der Waals surface area contributed by atoms with Crippen molar-refractivity contribution in [2.45, 2.75) is 109 Å². The van der Waals surface area contributed by atoms with Gasteiger partial charge in [-0.3, -0.25) is 9.98 Å². The fourth-order valence-electron chi connectivity index (χ4n) is 11.4. The number of allylic oxidation sites excluding steroid dienone is 16. The Morgan fingerprint density at radius 1 is 0.782 bits per heavy atom. The summed E-state index contributed by atoms with van der Waals surface area (Å²) in [5.41, 5.74) is 20.9. The number of hydrogen-bond acceptors (Lipinski definition) is 3. The lowest BCUT2D eigenvalue weighted by atomic mass is 9.67. The van der Waals surface area contributed by atoms with E-state index in [0.29, 0.717) is 35.5 Å². The van der Waals surface area contributed by atoms with Crippen LogP contribution in [-0.2, 0) is 0 Å². The lowest BCUT2D eigenvalue weighted by molar-refractivity contribution is 0.265. The zero-order valence-electron chi connectivity index (χ0n) is 33.3. The van der Waals surface area contributed by atoms with Gasteiger partial charge in [0, 0.05) is 29.8 Å². The Bertz CT molecular complexity index is 2030. The van der Waals surface area contributed by atoms with Gasteiger partial charge in [0.2, 0.25) is 0 Å². The first kappa shape index (κ1) is 36.6. The lowest BCUT2D eigenvalue weighted by Crippen LogP contribution is -2.41. The summed E-state index contributed by atoms with van der Waals surface area (Å²) in [6, 6.07) is 9.14. The van der Waals surface area contributed by atoms with E-state index in [4.69, 9.17) is 15.7 Å². The van der Waals surface area contributed by atoms with Crippen LogP contribution in [0.2, 0.25) is 0 Å². The highest BCUT2D eigenvalue weighted by Crippen LogP contribution is 2.46. The summed E-state index contributed by atoms with van der Waals surface area (Å²) < 4.78 is 0. The summed E-state index contributed by atoms with van der Waals surface area (Å²) in [6.45, 7) is 4.74. The first-order chi connectivity index (χ1) is 27.0. The van der Waals surface area contributed by atoms with E-state index in [1.165, 1.54) is 76.9 Å². The van der Waals surface area contributed by atoms with Crippen LogP contribution in [0.5, 0.6) is 0 Å². The molecular formula is C52H61N3. The van der Waals surface area contributed by atoms with Gasteiger partial charge < -0.3 is 5.73 Å². The molecule has 9 atom stereocenters. The third-order valence-corrected chi connectivity index (χ3v) is 14.6. The molecule has 2 N–H and O–H groups in total. The molecule has 2 heterocycles. The van der Waals surface area contributed by atoms with E-state index in [9.17, 15) is 0 Å². The molecule has 1 fully saturated rings. The van der Waals surface area contributed by atoms with Gasteiger partial charge in [0.25, 0.3) is 0 Å². The van der Waals surface area contributed by atoms with Crippen molar-refractivity contribution >= 4 is 17.5 Å². The average Bonchev–Trinajstić information content (AvgIpc) is 3.47. The van der Waals surface area contributed by atoms with E-state index in [0.717, 1.165) is 51.4 Å². The minimum atomic E-state index is 0.0818. The minimum Gasteiger partial charge on any atom is -0.324 e. The Hall–Kier alpha value is -4.08. The molecule has 55 heavy (non-hydrogen) atoms. The number of dihydropyridines is 1. The maximum Gasteiger partial charge on any atom is 0.103 e. The van der Waals surface area contributed by atoms with Crippen LogP contribution in [0.4, 0.5) is 0 Å². The molecule has 0 radical (unpaired) electrons. The molecule has 0 saturated heterocycles. The number of benzene rings is 1. The molecule has 8 aliphatic rings. The van der Waals surface area contributed by atoms with Gasteiger partial charge in [-0.2, -0.15) is 0 Å². The second-order valence-corrected chi connectivity index (χ2v) is 17.8. The van der Waals surface area contributed by atoms with Crippen LogP contribution < -0.4 is 5.73 Å². The van der Waals surface area contributed by atoms with E-state index in [1.807, 2.05) is 0 Å². The van der Waals surface area contributed by atoms with Crippen LogP contribution in [0.15, 0.2) is 147 Å². The summed E-state index contributed by atoms with van der Waals surface area (Å²) in [7, 11) is 0. The standard InChI is InChI=1S/C52H61N3/c1-34-12-3-6-19-43(34)48-33-41-18-11-31-54-51(41)52-47(48)29-30-49(55-52)39-17-10-16-37(25-26-39)42-22-9-13-36(24-23-35(42)2)32-40-15-5-7-20-44(40)46-28-27-38-14-4-8-21-45(38)50(46)53/h3-6,9-10,12-16,19,24,29-33,35,37-39,42,45,47,50,52H,7-8,11,17-18,20-23,25-28,53H2,1-2H3/b13-9-,36-24-,40-32+,46-44-/t35?,37?,38?,39?,42?,45?,47?,50-,52+/m1/s1. The van der Waals surface area contributed by atoms with E-state index in [1.54, 1.807) is 11.1 Å². The summed E-state index contributed by atoms with van der Waals surface area (Å²) >= 11 is 0. The number of rotatable bonds is 4. The van der Waals surface area contributed by atoms with Gasteiger partial charge in [0.1, 0.15) is 6.04 Å². The smallest absolute Gasteiger partial charge is 0.103 e. The maximum absolute atomic E-state index is 7.06. The van der Waals surface area contributed by atoms with Crippen LogP contribution >= 0.6 is 0 Å². The number of nitrogens with zero attached hydrogens (tertiary/aromatic N) is 2. The Morgan fingerprint density at radius 2 is 1.67 bits per heavy atom. The van der Waals surface area contributed by atoms with E-state index in [-0.39, 0.29) is 18.0 Å². The van der Waals surface area contributed by atoms with Crippen molar-refractivity contribution in [2.24, 2.45) is 57.1 Å². The van der Waals surface area contributed by atoms with Gasteiger partial charge in [0.15, 0.2) is 0 Å². The molecule has 0 aromatic heterocycles. The van der Waals surface area contributed by atoms with Crippen LogP contribution in [-0.4, -0.2) is 24.0 Å². The molecule has 7 unspecified atom stereocenters. The zero-order chi connectivity index (χ0) is 37.3. The van der Waals surface area contributed by atoms with Crippen molar-refractivity contribution < 1.29 is 0 Å². The zero-order valence-corrected chi connectivity index (χ0v) is 33.3. The minimum absolute atomic E-state index is 0.0818. The Labute approximate surface area is 330 Å². The van der Waals surface area contributed by atoms with E-state index in [2.05, 4.69) is 123 Å². The molecule has 2 aliphatic heterocycles. The molecule has 3 heteroatoms. The topological polar surface area (TPSA) is 50.7 Å². The second-order valence-electron chi connectivity index (χ2n) is 17.8. The number of hydrogen-bond donors (Lipinski definition) is 1. The van der Waals surface area contributed by atoms with Crippen molar-refractivity contribution in [3.63, 3.8) is 0 Å². The predicted octanol–water partition coefficient (Wildman–Crippen LogP) is 12.3. The average molecular weight is 728 g/mol. The number of nitrogens with two attached hydrogens (primary N) is 1. The number of fused-ring (bicyclic) bond motifs is 3. The molecule has 1 saturated carbocycles. The molecule has 1 aromatic rings. The van der Waals surface area contributed by atoms with Crippen LogP contribution in [0, 0.1) is 48.3 Å². The van der Waals surface area contributed by atoms with Gasteiger partial charge in [0.05, 0.1) is 5.70 Å². The summed E-state index contributed by atoms with van der Waals surface area (Å²) in [5.74, 6) is 3.88. The van der Waals surface area contributed by atoms with Gasteiger partial charge in [-0.15, -0.1) is 0 Å². The summed E-state index contributed by atoms with van der Waals surface area (Å²) in [5, 5.41) is 0. The highest BCUT2D eigenvalue weighted by Gasteiger charge is 2.38. The quantitative estimate of drug-likeness (QED) is 0.309. The van der Waals surface area contributed by atoms with Crippen molar-refractivity contribution in [1.82, 2.24) is 0 Å². The first-order valence-corrected chi connectivity index (χ1v) is 21.9. The SMILES string of the molecule is Cc1ccccc1C1=CC2=C(N=CCC2)[C@H]2N=C(C3CC=CC(C4C\C=C/C(/C=C5\C=CCC\C5=C5/CCC6C=CCCC6[C@H]5N)=C/CC4C)CC3)C=CC12. The third kappa shape index (κ3) is 7.46. The van der Waals surface area contributed by atoms with Crippen molar-refractivity contribution in [3.05, 3.63) is 148 Å². The molecular weight excluding hydrogens is 667 g/mol. The third-order valence-electron chi connectivity index (χ3n) is 14.6. The largest absolute Gasteiger partial charge is 0.324 e. The molecule has 0 amide bonds. The fraction of sp³-hybridized carbons (Fsp3) is 0.462. The molecule has 3 nitrogen and oxygen atoms in total. The highest BCUT2D eigenvalue weighted by molar-refractivity contribution is 5.99.